The SMILES string of the molecule is O=C(c1cc(Br)cnc1Cl)N1CCc2sccc2C1. The molecule has 1 amide bonds. The van der Waals surface area contributed by atoms with Crippen molar-refractivity contribution in [1.29, 1.82) is 0 Å². The average molecular weight is 358 g/mol. The molecule has 3 heterocycles. The lowest BCUT2D eigenvalue weighted by Gasteiger charge is -2.27. The van der Waals surface area contributed by atoms with Crippen molar-refractivity contribution < 1.29 is 4.79 Å². The van der Waals surface area contributed by atoms with Crippen molar-refractivity contribution >= 4 is 44.8 Å². The Balaban J connectivity index is 1.87. The van der Waals surface area contributed by atoms with Gasteiger partial charge in [0, 0.05) is 28.6 Å². The van der Waals surface area contributed by atoms with Gasteiger partial charge in [-0.15, -0.1) is 11.3 Å². The van der Waals surface area contributed by atoms with Gasteiger partial charge in [0.2, 0.25) is 0 Å². The van der Waals surface area contributed by atoms with Crippen LogP contribution in [0.5, 0.6) is 0 Å². The van der Waals surface area contributed by atoms with Crippen LogP contribution < -0.4 is 0 Å². The number of rotatable bonds is 1. The summed E-state index contributed by atoms with van der Waals surface area (Å²) in [6, 6.07) is 3.81. The first-order valence-electron chi connectivity index (χ1n) is 5.80. The lowest BCUT2D eigenvalue weighted by molar-refractivity contribution is 0.0735. The Hall–Kier alpha value is -0.910. The summed E-state index contributed by atoms with van der Waals surface area (Å²) in [7, 11) is 0. The zero-order valence-corrected chi connectivity index (χ0v) is 13.1. The fraction of sp³-hybridized carbons (Fsp3) is 0.231. The van der Waals surface area contributed by atoms with Gasteiger partial charge in [0.05, 0.1) is 5.56 Å². The van der Waals surface area contributed by atoms with E-state index in [1.54, 1.807) is 23.6 Å². The van der Waals surface area contributed by atoms with Crippen LogP contribution in [-0.4, -0.2) is 22.3 Å². The van der Waals surface area contributed by atoms with Crippen molar-refractivity contribution in [2.75, 3.05) is 6.54 Å². The molecule has 3 nitrogen and oxygen atoms in total. The van der Waals surface area contributed by atoms with Crippen molar-refractivity contribution in [2.45, 2.75) is 13.0 Å². The third kappa shape index (κ3) is 2.55. The minimum atomic E-state index is -0.0596. The molecule has 0 saturated carbocycles. The number of thiophene rings is 1. The number of carbonyl (C=O) groups is 1. The van der Waals surface area contributed by atoms with Crippen molar-refractivity contribution in [3.05, 3.63) is 49.3 Å². The molecular weight excluding hydrogens is 348 g/mol. The Labute approximate surface area is 128 Å². The summed E-state index contributed by atoms with van der Waals surface area (Å²) in [4.78, 5) is 19.7. The molecule has 6 heteroatoms. The number of aromatic nitrogens is 1. The van der Waals surface area contributed by atoms with Crippen molar-refractivity contribution in [2.24, 2.45) is 0 Å². The highest BCUT2D eigenvalue weighted by molar-refractivity contribution is 9.10. The molecule has 2 aromatic heterocycles. The lowest BCUT2D eigenvalue weighted by Crippen LogP contribution is -2.35. The zero-order chi connectivity index (χ0) is 13.4. The summed E-state index contributed by atoms with van der Waals surface area (Å²) in [5, 5.41) is 2.33. The zero-order valence-electron chi connectivity index (χ0n) is 9.90. The highest BCUT2D eigenvalue weighted by Gasteiger charge is 2.24. The van der Waals surface area contributed by atoms with Gasteiger partial charge in [-0.1, -0.05) is 11.6 Å². The monoisotopic (exact) mass is 356 g/mol. The average Bonchev–Trinajstić information content (AvgIpc) is 2.88. The number of halogens is 2. The summed E-state index contributed by atoms with van der Waals surface area (Å²) >= 11 is 11.1. The number of nitrogens with zero attached hydrogens (tertiary/aromatic N) is 2. The molecule has 0 aliphatic carbocycles. The first kappa shape index (κ1) is 13.1. The van der Waals surface area contributed by atoms with Crippen LogP contribution >= 0.6 is 38.9 Å². The predicted molar refractivity (Wildman–Crippen MR) is 79.7 cm³/mol. The molecule has 0 N–H and O–H groups in total. The van der Waals surface area contributed by atoms with Gasteiger partial charge in [-0.05, 0) is 45.4 Å². The molecule has 1 aliphatic rings. The lowest BCUT2D eigenvalue weighted by atomic mass is 10.1. The third-order valence-corrected chi connectivity index (χ3v) is 4.89. The van der Waals surface area contributed by atoms with Crippen LogP contribution in [0.4, 0.5) is 0 Å². The molecule has 3 rings (SSSR count). The quantitative estimate of drug-likeness (QED) is 0.728. The van der Waals surface area contributed by atoms with Crippen LogP contribution in [0.15, 0.2) is 28.2 Å². The minimum Gasteiger partial charge on any atom is -0.334 e. The summed E-state index contributed by atoms with van der Waals surface area (Å²) in [6.45, 7) is 1.38. The van der Waals surface area contributed by atoms with Gasteiger partial charge in [-0.2, -0.15) is 0 Å². The third-order valence-electron chi connectivity index (χ3n) is 3.13. The van der Waals surface area contributed by atoms with Gasteiger partial charge >= 0.3 is 0 Å². The fourth-order valence-corrected chi connectivity index (χ4v) is 3.57. The van der Waals surface area contributed by atoms with E-state index in [1.165, 1.54) is 10.4 Å². The second-order valence-electron chi connectivity index (χ2n) is 4.34. The van der Waals surface area contributed by atoms with Crippen LogP contribution in [0.2, 0.25) is 5.15 Å². The molecule has 0 atom stereocenters. The number of amides is 1. The van der Waals surface area contributed by atoms with E-state index in [2.05, 4.69) is 32.4 Å². The van der Waals surface area contributed by atoms with Gasteiger partial charge in [0.15, 0.2) is 0 Å². The highest BCUT2D eigenvalue weighted by atomic mass is 79.9. The Bertz CT molecular complexity index is 643. The number of hydrogen-bond acceptors (Lipinski definition) is 3. The van der Waals surface area contributed by atoms with E-state index in [-0.39, 0.29) is 11.1 Å². The summed E-state index contributed by atoms with van der Waals surface area (Å²) in [6.07, 6.45) is 2.50. The van der Waals surface area contributed by atoms with Crippen LogP contribution in [0.1, 0.15) is 20.8 Å². The molecule has 98 valence electrons. The van der Waals surface area contributed by atoms with Gasteiger partial charge in [-0.25, -0.2) is 4.98 Å². The molecule has 0 aromatic carbocycles. The Morgan fingerprint density at radius 1 is 1.53 bits per heavy atom. The number of fused-ring (bicyclic) bond motifs is 1. The Kier molecular flexibility index (Phi) is 3.60. The standard InChI is InChI=1S/C13H10BrClN2OS/c14-9-5-10(12(15)16-6-9)13(18)17-3-1-11-8(7-17)2-4-19-11/h2,4-6H,1,3,7H2. The molecule has 0 spiro atoms. The van der Waals surface area contributed by atoms with Gasteiger partial charge < -0.3 is 4.90 Å². The van der Waals surface area contributed by atoms with Crippen molar-refractivity contribution in [3.63, 3.8) is 0 Å². The van der Waals surface area contributed by atoms with E-state index in [9.17, 15) is 4.79 Å². The molecule has 0 unspecified atom stereocenters. The fourth-order valence-electron chi connectivity index (χ4n) is 2.16. The normalized spacial score (nSPS) is 14.3. The van der Waals surface area contributed by atoms with Gasteiger partial charge in [0.25, 0.3) is 5.91 Å². The van der Waals surface area contributed by atoms with E-state index < -0.39 is 0 Å². The first-order chi connectivity index (χ1) is 9.15. The maximum Gasteiger partial charge on any atom is 0.257 e. The smallest absolute Gasteiger partial charge is 0.257 e. The van der Waals surface area contributed by atoms with Crippen molar-refractivity contribution in [3.8, 4) is 0 Å². The van der Waals surface area contributed by atoms with Gasteiger partial charge in [0.1, 0.15) is 5.15 Å². The van der Waals surface area contributed by atoms with Crippen molar-refractivity contribution in [1.82, 2.24) is 9.88 Å². The van der Waals surface area contributed by atoms with Gasteiger partial charge in [-0.3, -0.25) is 4.79 Å². The summed E-state index contributed by atoms with van der Waals surface area (Å²) < 4.78 is 0.758. The Morgan fingerprint density at radius 2 is 2.37 bits per heavy atom. The number of hydrogen-bond donors (Lipinski definition) is 0. The van der Waals surface area contributed by atoms with E-state index in [0.717, 1.165) is 17.4 Å². The first-order valence-corrected chi connectivity index (χ1v) is 7.86. The van der Waals surface area contributed by atoms with E-state index in [4.69, 9.17) is 11.6 Å². The molecule has 0 bridgehead atoms. The summed E-state index contributed by atoms with van der Waals surface area (Å²) in [5.41, 5.74) is 1.69. The van der Waals surface area contributed by atoms with Crippen LogP contribution in [0, 0.1) is 0 Å². The topological polar surface area (TPSA) is 33.2 Å². The maximum absolute atomic E-state index is 12.5. The Morgan fingerprint density at radius 3 is 3.21 bits per heavy atom. The largest absolute Gasteiger partial charge is 0.334 e. The molecule has 0 saturated heterocycles. The second-order valence-corrected chi connectivity index (χ2v) is 6.61. The second kappa shape index (κ2) is 5.23. The van der Waals surface area contributed by atoms with E-state index in [0.29, 0.717) is 12.1 Å². The maximum atomic E-state index is 12.5. The summed E-state index contributed by atoms with van der Waals surface area (Å²) in [5.74, 6) is -0.0596. The van der Waals surface area contributed by atoms with Crippen LogP contribution in [0.25, 0.3) is 0 Å². The van der Waals surface area contributed by atoms with E-state index >= 15 is 0 Å². The van der Waals surface area contributed by atoms with Crippen LogP contribution in [-0.2, 0) is 13.0 Å². The number of pyridine rings is 1. The van der Waals surface area contributed by atoms with E-state index in [1.807, 2.05) is 4.90 Å². The highest BCUT2D eigenvalue weighted by Crippen LogP contribution is 2.26. The van der Waals surface area contributed by atoms with Crippen LogP contribution in [0.3, 0.4) is 0 Å². The molecule has 2 aromatic rings. The molecule has 1 aliphatic heterocycles. The predicted octanol–water partition coefficient (Wildman–Crippen LogP) is 3.76. The minimum absolute atomic E-state index is 0.0596. The molecule has 0 radical (unpaired) electrons. The molecule has 0 fully saturated rings. The molecular formula is C13H10BrClN2OS. The number of carbonyl (C=O) groups excluding carboxylic acids is 1. The molecule has 19 heavy (non-hydrogen) atoms.